The van der Waals surface area contributed by atoms with Crippen LogP contribution in [0.3, 0.4) is 0 Å². The summed E-state index contributed by atoms with van der Waals surface area (Å²) >= 11 is 0. The average Bonchev–Trinajstić information content (AvgIpc) is 3.44. The lowest BCUT2D eigenvalue weighted by Crippen LogP contribution is -2.30. The van der Waals surface area contributed by atoms with Gasteiger partial charge in [-0.2, -0.15) is 0 Å². The van der Waals surface area contributed by atoms with E-state index in [1.54, 1.807) is 0 Å². The van der Waals surface area contributed by atoms with Gasteiger partial charge in [-0.25, -0.2) is 0 Å². The van der Waals surface area contributed by atoms with Crippen molar-refractivity contribution in [2.45, 2.75) is 277 Å². The Morgan fingerprint density at radius 3 is 0.846 bits per heavy atom. The molecule has 0 bridgehead atoms. The second-order valence-electron chi connectivity index (χ2n) is 20.6. The van der Waals surface area contributed by atoms with Crippen LogP contribution in [-0.4, -0.2) is 37.2 Å². The van der Waals surface area contributed by atoms with Gasteiger partial charge in [-0.15, -0.1) is 0 Å². The first-order chi connectivity index (χ1) is 38.5. The minimum Gasteiger partial charge on any atom is -0.462 e. The molecule has 0 saturated heterocycles. The lowest BCUT2D eigenvalue weighted by atomic mass is 10.1. The number of rotatable bonds is 56. The molecular weight excluding hydrogens is 961 g/mol. The SMILES string of the molecule is CC/C=C\C/C=C\C/C=C\C/C=C\C/C=C\C/C=C\C/C=C\C/C=C\C/C=C\CCCC(=O)OCC(COC(=O)CCCCCCC/C=C\CCCCC)OC(=O)CCCCCCCCCCC/C=C\C/C=C\CCCCC. The van der Waals surface area contributed by atoms with Crippen molar-refractivity contribution in [3.05, 3.63) is 146 Å². The van der Waals surface area contributed by atoms with Crippen molar-refractivity contribution in [3.8, 4) is 0 Å². The predicted molar refractivity (Wildman–Crippen MR) is 339 cm³/mol. The summed E-state index contributed by atoms with van der Waals surface area (Å²) < 4.78 is 16.8. The number of hydrogen-bond acceptors (Lipinski definition) is 6. The maximum absolute atomic E-state index is 12.9. The summed E-state index contributed by atoms with van der Waals surface area (Å²) in [4.78, 5) is 38.2. The fraction of sp³-hybridized carbons (Fsp3) is 0.625. The molecule has 0 aromatic rings. The lowest BCUT2D eigenvalue weighted by Gasteiger charge is -2.18. The van der Waals surface area contributed by atoms with Crippen molar-refractivity contribution >= 4 is 17.9 Å². The summed E-state index contributed by atoms with van der Waals surface area (Å²) in [5.74, 6) is -0.983. The van der Waals surface area contributed by atoms with Crippen molar-refractivity contribution in [2.75, 3.05) is 13.2 Å². The molecule has 1 unspecified atom stereocenters. The van der Waals surface area contributed by atoms with Gasteiger partial charge in [0.2, 0.25) is 0 Å². The summed E-state index contributed by atoms with van der Waals surface area (Å²) in [5.41, 5.74) is 0. The second-order valence-corrected chi connectivity index (χ2v) is 20.6. The molecule has 0 radical (unpaired) electrons. The van der Waals surface area contributed by atoms with Crippen molar-refractivity contribution in [3.63, 3.8) is 0 Å². The van der Waals surface area contributed by atoms with E-state index in [-0.39, 0.29) is 37.5 Å². The molecule has 0 heterocycles. The van der Waals surface area contributed by atoms with Crippen LogP contribution in [0.2, 0.25) is 0 Å². The van der Waals surface area contributed by atoms with E-state index in [2.05, 4.69) is 167 Å². The van der Waals surface area contributed by atoms with Crippen LogP contribution in [0.1, 0.15) is 271 Å². The summed E-state index contributed by atoms with van der Waals surface area (Å²) in [7, 11) is 0. The number of unbranched alkanes of at least 4 members (excludes halogenated alkanes) is 21. The van der Waals surface area contributed by atoms with Gasteiger partial charge < -0.3 is 14.2 Å². The van der Waals surface area contributed by atoms with Crippen molar-refractivity contribution in [1.82, 2.24) is 0 Å². The summed E-state index contributed by atoms with van der Waals surface area (Å²) in [6.45, 7) is 6.42. The Morgan fingerprint density at radius 1 is 0.269 bits per heavy atom. The Bertz CT molecular complexity index is 1710. The van der Waals surface area contributed by atoms with Gasteiger partial charge >= 0.3 is 17.9 Å². The van der Waals surface area contributed by atoms with Crippen LogP contribution in [0.15, 0.2) is 146 Å². The maximum atomic E-state index is 12.9. The van der Waals surface area contributed by atoms with Gasteiger partial charge in [0.25, 0.3) is 0 Å². The largest absolute Gasteiger partial charge is 0.462 e. The highest BCUT2D eigenvalue weighted by atomic mass is 16.6. The minimum atomic E-state index is -0.814. The highest BCUT2D eigenvalue weighted by Gasteiger charge is 2.19. The monoisotopic (exact) mass is 1080 g/mol. The first-order valence-corrected chi connectivity index (χ1v) is 31.8. The van der Waals surface area contributed by atoms with Crippen LogP contribution in [0.5, 0.6) is 0 Å². The van der Waals surface area contributed by atoms with Gasteiger partial charge in [-0.1, -0.05) is 256 Å². The zero-order chi connectivity index (χ0) is 56.4. The van der Waals surface area contributed by atoms with Crippen LogP contribution in [0, 0.1) is 0 Å². The smallest absolute Gasteiger partial charge is 0.306 e. The van der Waals surface area contributed by atoms with E-state index >= 15 is 0 Å². The quantitative estimate of drug-likeness (QED) is 0.0261. The molecule has 0 rings (SSSR count). The van der Waals surface area contributed by atoms with Crippen LogP contribution in [0.4, 0.5) is 0 Å². The maximum Gasteiger partial charge on any atom is 0.306 e. The zero-order valence-corrected chi connectivity index (χ0v) is 50.4. The van der Waals surface area contributed by atoms with Crippen molar-refractivity contribution < 1.29 is 28.6 Å². The predicted octanol–water partition coefficient (Wildman–Crippen LogP) is 21.9. The molecule has 1 atom stereocenters. The van der Waals surface area contributed by atoms with Gasteiger partial charge in [-0.3, -0.25) is 14.4 Å². The lowest BCUT2D eigenvalue weighted by molar-refractivity contribution is -0.167. The number of ether oxygens (including phenoxy) is 3. The molecule has 78 heavy (non-hydrogen) atoms. The number of allylic oxidation sites excluding steroid dienone is 24. The van der Waals surface area contributed by atoms with Crippen LogP contribution >= 0.6 is 0 Å². The third-order valence-corrected chi connectivity index (χ3v) is 13.0. The summed E-state index contributed by atoms with van der Waals surface area (Å²) in [5, 5.41) is 0. The fourth-order valence-corrected chi connectivity index (χ4v) is 8.29. The van der Waals surface area contributed by atoms with E-state index in [0.29, 0.717) is 19.3 Å². The van der Waals surface area contributed by atoms with Crippen LogP contribution < -0.4 is 0 Å². The molecule has 6 heteroatoms. The Morgan fingerprint density at radius 2 is 0.513 bits per heavy atom. The zero-order valence-electron chi connectivity index (χ0n) is 50.4. The van der Waals surface area contributed by atoms with E-state index in [0.717, 1.165) is 122 Å². The normalized spacial score (nSPS) is 13.1. The van der Waals surface area contributed by atoms with Gasteiger partial charge in [0.05, 0.1) is 0 Å². The average molecular weight is 1080 g/mol. The third kappa shape index (κ3) is 62.1. The topological polar surface area (TPSA) is 78.9 Å². The first-order valence-electron chi connectivity index (χ1n) is 31.8. The Balaban J connectivity index is 4.44. The molecule has 6 nitrogen and oxygen atoms in total. The summed E-state index contributed by atoms with van der Waals surface area (Å²) in [6, 6.07) is 0. The van der Waals surface area contributed by atoms with Gasteiger partial charge in [0.1, 0.15) is 13.2 Å². The molecule has 0 aromatic carbocycles. The Hall–Kier alpha value is -4.71. The molecule has 0 spiro atoms. The van der Waals surface area contributed by atoms with Gasteiger partial charge in [-0.05, 0) is 141 Å². The Labute approximate surface area is 480 Å². The standard InChI is InChI=1S/C72H116O6/c1-4-7-10-13-16-19-22-25-27-29-31-32-33-34-35-36-37-38-39-40-42-43-45-47-50-53-56-59-62-65-71(74)77-68-69(67-76-70(73)64-61-58-55-52-49-24-21-18-15-12-9-6-3)78-72(75)66-63-60-57-54-51-48-46-44-41-30-28-26-23-20-17-14-11-8-5-2/h7,10,16-21,25-28,31-32,34-35,37-38,40,42,45,47,53,56,69H,4-6,8-9,11-15,22-24,29-30,33,36,39,41,43-44,46,48-52,54-55,57-68H2,1-3H3/b10-7-,19-16-,20-17-,21-18-,27-25-,28-26-,32-31-,35-34-,38-37-,42-40-,47-45-,56-53-. The third-order valence-electron chi connectivity index (χ3n) is 13.0. The summed E-state index contributed by atoms with van der Waals surface area (Å²) in [6.07, 6.45) is 92.8. The van der Waals surface area contributed by atoms with Crippen LogP contribution in [0.25, 0.3) is 0 Å². The number of carbonyl (C=O) groups is 3. The molecule has 0 aliphatic carbocycles. The molecule has 0 aliphatic heterocycles. The highest BCUT2D eigenvalue weighted by Crippen LogP contribution is 2.14. The molecule has 0 saturated carbocycles. The van der Waals surface area contributed by atoms with Crippen LogP contribution in [-0.2, 0) is 28.6 Å². The van der Waals surface area contributed by atoms with Crippen molar-refractivity contribution in [1.29, 1.82) is 0 Å². The Kier molecular flexibility index (Phi) is 60.9. The molecule has 0 aromatic heterocycles. The number of esters is 3. The molecule has 0 fully saturated rings. The van der Waals surface area contributed by atoms with Gasteiger partial charge in [0.15, 0.2) is 6.10 Å². The van der Waals surface area contributed by atoms with E-state index in [9.17, 15) is 14.4 Å². The first kappa shape index (κ1) is 73.3. The molecule has 0 N–H and O–H groups in total. The van der Waals surface area contributed by atoms with E-state index in [4.69, 9.17) is 14.2 Å². The number of hydrogen-bond donors (Lipinski definition) is 0. The number of carbonyl (C=O) groups excluding carboxylic acids is 3. The molecule has 0 amide bonds. The minimum absolute atomic E-state index is 0.106. The van der Waals surface area contributed by atoms with Gasteiger partial charge in [0, 0.05) is 19.3 Å². The van der Waals surface area contributed by atoms with E-state index < -0.39 is 6.10 Å². The second kappa shape index (κ2) is 64.8. The molecule has 440 valence electrons. The fourth-order valence-electron chi connectivity index (χ4n) is 8.29. The van der Waals surface area contributed by atoms with Crippen molar-refractivity contribution in [2.24, 2.45) is 0 Å². The highest BCUT2D eigenvalue weighted by molar-refractivity contribution is 5.71. The van der Waals surface area contributed by atoms with E-state index in [1.165, 1.54) is 103 Å². The molecule has 0 aliphatic rings. The molecular formula is C72H116O6. The van der Waals surface area contributed by atoms with E-state index in [1.807, 2.05) is 0 Å².